The highest BCUT2D eigenvalue weighted by atomic mass is 32.2. The molecule has 0 atom stereocenters. The Morgan fingerprint density at radius 1 is 0.969 bits per heavy atom. The molecule has 2 aromatic rings. The molecule has 1 saturated heterocycles. The molecule has 0 bridgehead atoms. The maximum atomic E-state index is 13.2. The lowest BCUT2D eigenvalue weighted by Crippen LogP contribution is -2.51. The van der Waals surface area contributed by atoms with Crippen molar-refractivity contribution in [1.82, 2.24) is 9.21 Å². The monoisotopic (exact) mass is 475 g/mol. The van der Waals surface area contributed by atoms with Crippen LogP contribution in [0, 0.1) is 0 Å². The third-order valence-electron chi connectivity index (χ3n) is 5.71. The zero-order valence-electron chi connectivity index (χ0n) is 18.4. The van der Waals surface area contributed by atoms with E-state index in [0.717, 1.165) is 12.1 Å². The van der Waals surface area contributed by atoms with Crippen molar-refractivity contribution in [1.29, 1.82) is 0 Å². The van der Waals surface area contributed by atoms with Crippen LogP contribution >= 0.6 is 12.2 Å². The van der Waals surface area contributed by atoms with Gasteiger partial charge >= 0.3 is 0 Å². The molecule has 2 aliphatic heterocycles. The van der Waals surface area contributed by atoms with E-state index >= 15 is 0 Å². The summed E-state index contributed by atoms with van der Waals surface area (Å²) in [5.74, 6) is 1.55. The number of fused-ring (bicyclic) bond motifs is 1. The third-order valence-corrected chi connectivity index (χ3v) is 7.97. The maximum absolute atomic E-state index is 13.2. The number of hydrogen-bond acceptors (Lipinski definition) is 5. The predicted molar refractivity (Wildman–Crippen MR) is 129 cm³/mol. The Kier molecular flexibility index (Phi) is 6.88. The van der Waals surface area contributed by atoms with Crippen molar-refractivity contribution in [3.05, 3.63) is 48.0 Å². The molecule has 2 aromatic carbocycles. The third kappa shape index (κ3) is 5.00. The van der Waals surface area contributed by atoms with E-state index in [2.05, 4.69) is 31.3 Å². The second-order valence-electron chi connectivity index (χ2n) is 8.26. The minimum atomic E-state index is -3.62. The SMILES string of the molecule is CC(C)c1ccc(NC(=S)N2CCN(S(=O)(=O)c3ccc4c(c3)OCCCO4)CC2)cc1. The normalized spacial score (nSPS) is 17.2. The number of rotatable bonds is 4. The van der Waals surface area contributed by atoms with E-state index in [0.29, 0.717) is 61.9 Å². The highest BCUT2D eigenvalue weighted by Crippen LogP contribution is 2.33. The van der Waals surface area contributed by atoms with Crippen molar-refractivity contribution in [3.63, 3.8) is 0 Å². The van der Waals surface area contributed by atoms with Gasteiger partial charge in [0.2, 0.25) is 10.0 Å². The fourth-order valence-corrected chi connectivity index (χ4v) is 5.48. The van der Waals surface area contributed by atoms with E-state index in [-0.39, 0.29) is 4.90 Å². The molecule has 2 heterocycles. The first-order chi connectivity index (χ1) is 15.3. The molecule has 32 heavy (non-hydrogen) atoms. The number of benzene rings is 2. The summed E-state index contributed by atoms with van der Waals surface area (Å²) in [6.07, 6.45) is 0.772. The molecule has 0 unspecified atom stereocenters. The van der Waals surface area contributed by atoms with E-state index in [1.807, 2.05) is 17.0 Å². The van der Waals surface area contributed by atoms with Crippen LogP contribution in [-0.4, -0.2) is 62.1 Å². The zero-order chi connectivity index (χ0) is 22.7. The number of hydrogen-bond donors (Lipinski definition) is 1. The number of sulfonamides is 1. The Morgan fingerprint density at radius 3 is 2.28 bits per heavy atom. The van der Waals surface area contributed by atoms with Crippen molar-refractivity contribution in [3.8, 4) is 11.5 Å². The van der Waals surface area contributed by atoms with Gasteiger partial charge in [-0.25, -0.2) is 8.42 Å². The first kappa shape index (κ1) is 22.8. The highest BCUT2D eigenvalue weighted by Gasteiger charge is 2.30. The summed E-state index contributed by atoms with van der Waals surface area (Å²) in [7, 11) is -3.62. The predicted octanol–water partition coefficient (Wildman–Crippen LogP) is 3.67. The number of piperazine rings is 1. The number of anilines is 1. The van der Waals surface area contributed by atoms with E-state index in [4.69, 9.17) is 21.7 Å². The Hall–Kier alpha value is -2.36. The summed E-state index contributed by atoms with van der Waals surface area (Å²) >= 11 is 5.56. The van der Waals surface area contributed by atoms with Crippen molar-refractivity contribution in [2.24, 2.45) is 0 Å². The average Bonchev–Trinajstić information content (AvgIpc) is 3.04. The summed E-state index contributed by atoms with van der Waals surface area (Å²) in [6, 6.07) is 13.1. The molecule has 0 saturated carbocycles. The molecule has 0 amide bonds. The Morgan fingerprint density at radius 2 is 1.62 bits per heavy atom. The molecule has 1 fully saturated rings. The van der Waals surface area contributed by atoms with Gasteiger partial charge in [0.05, 0.1) is 18.1 Å². The average molecular weight is 476 g/mol. The van der Waals surface area contributed by atoms with Gasteiger partial charge in [-0.1, -0.05) is 26.0 Å². The molecule has 0 aliphatic carbocycles. The first-order valence-electron chi connectivity index (χ1n) is 10.9. The Balaban J connectivity index is 1.37. The molecule has 7 nitrogen and oxygen atoms in total. The molecule has 1 N–H and O–H groups in total. The smallest absolute Gasteiger partial charge is 0.243 e. The highest BCUT2D eigenvalue weighted by molar-refractivity contribution is 7.89. The largest absolute Gasteiger partial charge is 0.490 e. The summed E-state index contributed by atoms with van der Waals surface area (Å²) in [5.41, 5.74) is 2.21. The van der Waals surface area contributed by atoms with E-state index in [1.54, 1.807) is 18.2 Å². The van der Waals surface area contributed by atoms with Gasteiger partial charge in [-0.3, -0.25) is 0 Å². The van der Waals surface area contributed by atoms with Crippen LogP contribution < -0.4 is 14.8 Å². The number of ether oxygens (including phenoxy) is 2. The van der Waals surface area contributed by atoms with Crippen LogP contribution in [0.25, 0.3) is 0 Å². The standard InChI is InChI=1S/C23H29N3O4S2/c1-17(2)18-4-6-19(7-5-18)24-23(31)25-10-12-26(13-11-25)32(27,28)20-8-9-21-22(16-20)30-15-3-14-29-21/h4-9,16-17H,3,10-15H2,1-2H3,(H,24,31). The van der Waals surface area contributed by atoms with Gasteiger partial charge in [0.25, 0.3) is 0 Å². The molecule has 0 radical (unpaired) electrons. The van der Waals surface area contributed by atoms with E-state index < -0.39 is 10.0 Å². The minimum Gasteiger partial charge on any atom is -0.490 e. The van der Waals surface area contributed by atoms with Crippen molar-refractivity contribution >= 4 is 33.0 Å². The topological polar surface area (TPSA) is 71.1 Å². The molecule has 2 aliphatic rings. The number of thiocarbonyl (C=S) groups is 1. The van der Waals surface area contributed by atoms with Crippen molar-refractivity contribution in [2.45, 2.75) is 31.1 Å². The molecular weight excluding hydrogens is 446 g/mol. The molecule has 9 heteroatoms. The summed E-state index contributed by atoms with van der Waals surface area (Å²) in [5, 5.41) is 3.87. The van der Waals surface area contributed by atoms with Crippen LogP contribution in [0.1, 0.15) is 31.7 Å². The lowest BCUT2D eigenvalue weighted by atomic mass is 10.0. The quantitative estimate of drug-likeness (QED) is 0.677. The van der Waals surface area contributed by atoms with Crippen LogP contribution in [0.4, 0.5) is 5.69 Å². The lowest BCUT2D eigenvalue weighted by Gasteiger charge is -2.35. The van der Waals surface area contributed by atoms with Gasteiger partial charge in [0.15, 0.2) is 16.6 Å². The second-order valence-corrected chi connectivity index (χ2v) is 10.6. The molecule has 172 valence electrons. The lowest BCUT2D eigenvalue weighted by molar-refractivity contribution is 0.268. The van der Waals surface area contributed by atoms with Crippen LogP contribution in [0.5, 0.6) is 11.5 Å². The Bertz CT molecular complexity index is 1060. The summed E-state index contributed by atoms with van der Waals surface area (Å²) < 4.78 is 39.1. The van der Waals surface area contributed by atoms with E-state index in [9.17, 15) is 8.42 Å². The summed E-state index contributed by atoms with van der Waals surface area (Å²) in [4.78, 5) is 2.23. The molecule has 4 rings (SSSR count). The van der Waals surface area contributed by atoms with Gasteiger partial charge in [0, 0.05) is 44.4 Å². The van der Waals surface area contributed by atoms with Crippen LogP contribution in [-0.2, 0) is 10.0 Å². The second kappa shape index (κ2) is 9.64. The Labute approximate surface area is 195 Å². The van der Waals surface area contributed by atoms with Gasteiger partial charge in [0.1, 0.15) is 0 Å². The van der Waals surface area contributed by atoms with Crippen molar-refractivity contribution in [2.75, 3.05) is 44.7 Å². The van der Waals surface area contributed by atoms with Crippen LogP contribution in [0.3, 0.4) is 0 Å². The fraction of sp³-hybridized carbons (Fsp3) is 0.435. The van der Waals surface area contributed by atoms with Gasteiger partial charge in [-0.15, -0.1) is 0 Å². The molecule has 0 aromatic heterocycles. The van der Waals surface area contributed by atoms with Gasteiger partial charge in [-0.2, -0.15) is 4.31 Å². The molecule has 0 spiro atoms. The van der Waals surface area contributed by atoms with Crippen molar-refractivity contribution < 1.29 is 17.9 Å². The maximum Gasteiger partial charge on any atom is 0.243 e. The minimum absolute atomic E-state index is 0.223. The fourth-order valence-electron chi connectivity index (χ4n) is 3.74. The number of nitrogens with zero attached hydrogens (tertiary/aromatic N) is 2. The van der Waals surface area contributed by atoms with Gasteiger partial charge in [-0.05, 0) is 48.0 Å². The first-order valence-corrected chi connectivity index (χ1v) is 12.7. The summed E-state index contributed by atoms with van der Waals surface area (Å²) in [6.45, 7) is 7.19. The van der Waals surface area contributed by atoms with E-state index in [1.165, 1.54) is 9.87 Å². The van der Waals surface area contributed by atoms with Crippen LogP contribution in [0.2, 0.25) is 0 Å². The zero-order valence-corrected chi connectivity index (χ0v) is 20.0. The van der Waals surface area contributed by atoms with Crippen LogP contribution in [0.15, 0.2) is 47.4 Å². The van der Waals surface area contributed by atoms with Gasteiger partial charge < -0.3 is 19.7 Å². The molecular formula is C23H29N3O4S2. The number of nitrogens with one attached hydrogen (secondary N) is 1.